The molecule has 0 saturated heterocycles. The molecule has 5 N–H and O–H groups in total. The van der Waals surface area contributed by atoms with Crippen LogP contribution in [-0.4, -0.2) is 188 Å². The van der Waals surface area contributed by atoms with Gasteiger partial charge in [-0.2, -0.15) is 13.2 Å². The predicted molar refractivity (Wildman–Crippen MR) is 593 cm³/mol. The number of alkyl halides is 6. The van der Waals surface area contributed by atoms with Crippen molar-refractivity contribution in [3.8, 4) is 0 Å². The second-order valence-electron chi connectivity index (χ2n) is 50.3. The molecule has 20 nitrogen and oxygen atoms in total. The Hall–Kier alpha value is -7.08. The van der Waals surface area contributed by atoms with Crippen molar-refractivity contribution in [2.45, 2.75) is 398 Å². The molecule has 816 valence electrons. The van der Waals surface area contributed by atoms with Crippen molar-refractivity contribution in [3.05, 3.63) is 110 Å². The number of allylic oxidation sites excluding steroid dienone is 8. The van der Waals surface area contributed by atoms with Crippen molar-refractivity contribution in [3.63, 3.8) is 0 Å². The predicted octanol–water partition coefficient (Wildman–Crippen LogP) is 27.4. The zero-order valence-corrected chi connectivity index (χ0v) is 100.0. The summed E-state index contributed by atoms with van der Waals surface area (Å²) in [4.78, 5) is 138. The van der Waals surface area contributed by atoms with Gasteiger partial charge in [0.25, 0.3) is 5.91 Å². The molecule has 0 aliphatic heterocycles. The van der Waals surface area contributed by atoms with Crippen LogP contribution in [0.5, 0.6) is 0 Å². The minimum absolute atomic E-state index is 0.000694. The first-order chi connectivity index (χ1) is 61.4. The third kappa shape index (κ3) is 151. The van der Waals surface area contributed by atoms with Crippen molar-refractivity contribution in [2.75, 3.05) is 80.5 Å². The number of halogens is 6. The summed E-state index contributed by atoms with van der Waals surface area (Å²) in [6.07, 6.45) is 18.1. The third-order valence-corrected chi connectivity index (χ3v) is 17.1. The minimum Gasteiger partial charge on any atom is -0.354 e. The fourth-order valence-electron chi connectivity index (χ4n) is 8.40. The molecular weight excluding hydrogens is 1820 g/mol. The number of rotatable bonds is 31. The molecule has 0 bridgehead atoms. The van der Waals surface area contributed by atoms with E-state index in [1.165, 1.54) is 18.2 Å². The van der Waals surface area contributed by atoms with Crippen LogP contribution in [0.4, 0.5) is 13.2 Å². The van der Waals surface area contributed by atoms with Crippen molar-refractivity contribution in [1.29, 1.82) is 0 Å². The van der Waals surface area contributed by atoms with Crippen LogP contribution in [0.3, 0.4) is 0 Å². The van der Waals surface area contributed by atoms with Gasteiger partial charge in [-0.1, -0.05) is 305 Å². The third-order valence-electron chi connectivity index (χ3n) is 16.5. The van der Waals surface area contributed by atoms with Gasteiger partial charge in [0.1, 0.15) is 21.7 Å². The minimum atomic E-state index is -4.65. The summed E-state index contributed by atoms with van der Waals surface area (Å²) in [5.41, 5.74) is 3.28. The molecule has 0 fully saturated rings. The van der Waals surface area contributed by atoms with Gasteiger partial charge in [-0.05, 0) is 216 Å². The van der Waals surface area contributed by atoms with Gasteiger partial charge in [-0.25, -0.2) is 0 Å². The molecule has 0 radical (unpaired) electrons. The van der Waals surface area contributed by atoms with Gasteiger partial charge < -0.3 is 41.3 Å². The van der Waals surface area contributed by atoms with E-state index in [0.29, 0.717) is 63.9 Å². The average Bonchev–Trinajstić information content (AvgIpc) is 0.875. The molecule has 0 rings (SSSR count). The summed E-state index contributed by atoms with van der Waals surface area (Å²) in [6, 6.07) is 0. The molecule has 0 spiro atoms. The number of likely N-dealkylation sites (N-methyl/N-ethyl adjacent to an activating group) is 3. The maximum absolute atomic E-state index is 12.0. The summed E-state index contributed by atoms with van der Waals surface area (Å²) in [6.45, 7) is 113. The van der Waals surface area contributed by atoms with E-state index in [4.69, 9.17) is 34.8 Å². The van der Waals surface area contributed by atoms with Crippen molar-refractivity contribution in [2.24, 2.45) is 65.0 Å². The molecule has 1 unspecified atom stereocenters. The fraction of sp³-hybridized carbons (Fsp3) is 0.735. The molecule has 3 atom stereocenters. The molecular formula is C113H210Cl3F3N8O12. The summed E-state index contributed by atoms with van der Waals surface area (Å²) in [5.74, 6) is -0.405. The Bertz CT molecular complexity index is 3600. The van der Waals surface area contributed by atoms with Crippen LogP contribution in [-0.2, 0) is 57.5 Å². The molecule has 0 aliphatic rings. The zero-order chi connectivity index (χ0) is 114. The first-order valence-electron chi connectivity index (χ1n) is 48.4. The van der Waals surface area contributed by atoms with Gasteiger partial charge in [0.05, 0.1) is 0 Å². The lowest BCUT2D eigenvalue weighted by Gasteiger charge is -2.25. The van der Waals surface area contributed by atoms with Crippen LogP contribution < -0.4 is 26.6 Å². The van der Waals surface area contributed by atoms with Gasteiger partial charge in [0.15, 0.2) is 28.9 Å². The van der Waals surface area contributed by atoms with Crippen LogP contribution in [0.1, 0.15) is 376 Å². The quantitative estimate of drug-likeness (QED) is 0.0319. The molecule has 0 saturated carbocycles. The highest BCUT2D eigenvalue weighted by molar-refractivity contribution is 6.31. The van der Waals surface area contributed by atoms with E-state index in [2.05, 4.69) is 288 Å². The largest absolute Gasteiger partial charge is 0.421 e. The molecule has 7 amide bonds. The van der Waals surface area contributed by atoms with Gasteiger partial charge in [0.2, 0.25) is 35.4 Å². The topological polar surface area (TPSA) is 275 Å². The SMILES string of the molecule is C/C=C/C(=O)CCC(C)(C)C.C=C(C(=O)NCC(C)(C)C)C(F)(F)F.C=C(C)C(=O)NCC(C)(C)C.C=CC(=O)CCC(C)(C)C.C=CC(=O)N(C)CC(C)(C)C.C=CC(=O)N(C)CCC(C)(C)C.CC(C)=CC(=O)CC(C)(C)C.CC(C)=CC(=O)CCC(C)(C)C.CC(Cl)C(=O)NCC(C)(C)C.CN(C)C/C=C/C(=O)CCC(C)(C)C.C[C@@H](Cl)C(=O)NCC(C)(C)C.C[C@H](Cl)C(=O)NCC(C)(C)C. The zero-order valence-electron chi connectivity index (χ0n) is 97.7. The van der Waals surface area contributed by atoms with E-state index >= 15 is 0 Å². The number of carbonyl (C=O) groups excluding carboxylic acids is 12. The Morgan fingerprint density at radius 3 is 0.835 bits per heavy atom. The Balaban J connectivity index is -0.000000127. The van der Waals surface area contributed by atoms with Gasteiger partial charge in [-0.3, -0.25) is 57.5 Å². The Morgan fingerprint density at radius 1 is 0.338 bits per heavy atom. The highest BCUT2D eigenvalue weighted by Gasteiger charge is 2.37. The number of amides is 7. The standard InChI is InChI=1S/C12H23NO.C11H20O.C10H19NO.2C10H18O.C9H14F3NO.2C9H17NO.C9H16O.3C8H16ClNO/c1-12(2,3)9-8-11(14)7-6-10-13(4)5;1-9(2)8-10(12)6-7-11(3,4)5;1-6-9(12)11(5)8-7-10(2,3)4;1-8(2)6-9(11)7-10(3,4)5;1-5-6-9(11)7-8-10(2,3)4;1-6(9(10,11)12)7(14)13-5-8(2,3)4;1-7(2)8(11)10-6-9(3,4)5;1-6-8(11)10(5)7-9(2,3)4;1-5-8(10)6-7-9(2,3)4;3*1-6(9)7(11)10-5-8(2,3)4/h6-7H,8-10H2,1-5H3;8H,6-7H2,1-5H3;6H,1,7-8H2,2-5H3;6H,7H2,1-5H3;5-6H,7-8H2,1-4H3;1,5H2,2-4H3,(H,13,14);1,6H2,2-5H3,(H,10,11);6H,1,7H2,2-5H3;5H,1,6-7H2,2-4H3;3*6H,5H2,1-4H3,(H,10,11)/b7-6+;;;;6-5+;;;;;;;/t;;;;;;;;;2*6-;/m.........10./s1. The van der Waals surface area contributed by atoms with E-state index in [-0.39, 0.29) is 136 Å². The maximum Gasteiger partial charge on any atom is 0.421 e. The molecule has 0 aromatic heterocycles. The normalized spacial score (nSPS) is 12.2. The smallest absolute Gasteiger partial charge is 0.354 e. The molecule has 0 heterocycles. The number of carbonyl (C=O) groups is 12. The maximum atomic E-state index is 12.0. The molecule has 139 heavy (non-hydrogen) atoms. The first kappa shape index (κ1) is 157. The number of ketones is 5. The van der Waals surface area contributed by atoms with Crippen molar-refractivity contribution in [1.82, 2.24) is 41.3 Å². The number of nitrogens with zero attached hydrogens (tertiary/aromatic N) is 3. The van der Waals surface area contributed by atoms with E-state index in [0.717, 1.165) is 62.9 Å². The second kappa shape index (κ2) is 77.4. The Morgan fingerprint density at radius 2 is 0.604 bits per heavy atom. The molecule has 0 aliphatic carbocycles. The lowest BCUT2D eigenvalue weighted by Crippen LogP contribution is -2.36. The van der Waals surface area contributed by atoms with E-state index in [1.807, 2.05) is 80.5 Å². The van der Waals surface area contributed by atoms with E-state index in [9.17, 15) is 70.7 Å². The number of hydrogen-bond donors (Lipinski definition) is 5. The van der Waals surface area contributed by atoms with Crippen LogP contribution in [0.25, 0.3) is 0 Å². The van der Waals surface area contributed by atoms with Crippen molar-refractivity contribution >= 4 is 105 Å². The van der Waals surface area contributed by atoms with Crippen molar-refractivity contribution < 1.29 is 70.7 Å². The van der Waals surface area contributed by atoms with E-state index < -0.39 is 33.8 Å². The molecule has 0 aromatic rings. The van der Waals surface area contributed by atoms with Crippen LogP contribution in [0, 0.1) is 65.0 Å². The average molecular weight is 2040 g/mol. The number of nitrogens with one attached hydrogen (secondary N) is 5. The van der Waals surface area contributed by atoms with Gasteiger partial charge in [0, 0.05) is 104 Å². The second-order valence-corrected chi connectivity index (χ2v) is 52.2. The lowest BCUT2D eigenvalue weighted by atomic mass is 9.89. The summed E-state index contributed by atoms with van der Waals surface area (Å²) in [5, 5.41) is 11.9. The summed E-state index contributed by atoms with van der Waals surface area (Å²) < 4.78 is 35.9. The Kier molecular flexibility index (Phi) is 87.6. The monoisotopic (exact) mass is 2030 g/mol. The first-order valence-corrected chi connectivity index (χ1v) is 49.7. The Labute approximate surface area is 865 Å². The number of hydrogen-bond acceptors (Lipinski definition) is 13. The van der Waals surface area contributed by atoms with Gasteiger partial charge in [-0.15, -0.1) is 34.8 Å². The lowest BCUT2D eigenvalue weighted by molar-refractivity contribution is -0.131. The van der Waals surface area contributed by atoms with Crippen LogP contribution >= 0.6 is 34.8 Å². The molecule has 0 aromatic carbocycles. The van der Waals surface area contributed by atoms with Crippen LogP contribution in [0.2, 0.25) is 0 Å². The molecule has 26 heteroatoms. The summed E-state index contributed by atoms with van der Waals surface area (Å²) in [7, 11) is 7.57. The highest BCUT2D eigenvalue weighted by atomic mass is 35.5. The van der Waals surface area contributed by atoms with E-state index in [1.54, 1.807) is 82.0 Å². The fourth-order valence-corrected chi connectivity index (χ4v) is 8.63. The van der Waals surface area contributed by atoms with Crippen LogP contribution in [0.15, 0.2) is 110 Å². The van der Waals surface area contributed by atoms with Gasteiger partial charge >= 0.3 is 6.18 Å². The highest BCUT2D eigenvalue weighted by Crippen LogP contribution is 2.27. The summed E-state index contributed by atoms with van der Waals surface area (Å²) >= 11 is 16.6.